The second kappa shape index (κ2) is 3.79. The van der Waals surface area contributed by atoms with E-state index in [1.54, 1.807) is 12.4 Å². The van der Waals surface area contributed by atoms with Crippen molar-refractivity contribution in [1.82, 2.24) is 20.4 Å². The van der Waals surface area contributed by atoms with Crippen molar-refractivity contribution in [3.63, 3.8) is 0 Å². The Morgan fingerprint density at radius 3 is 3.21 bits per heavy atom. The number of likely N-dealkylation sites (tertiary alicyclic amines) is 1. The number of hydrogen-bond donors (Lipinski definition) is 2. The first-order valence-electron chi connectivity index (χ1n) is 4.76. The van der Waals surface area contributed by atoms with Crippen LogP contribution in [0.4, 0.5) is 0 Å². The van der Waals surface area contributed by atoms with E-state index >= 15 is 0 Å². The monoisotopic (exact) mass is 194 g/mol. The SMILES string of the molecule is CNC1CCN(C(=O)c2cn[nH]c2)C1. The molecule has 0 radical (unpaired) electrons. The van der Waals surface area contributed by atoms with E-state index in [1.807, 2.05) is 11.9 Å². The van der Waals surface area contributed by atoms with Crippen LogP contribution < -0.4 is 5.32 Å². The molecule has 0 aromatic carbocycles. The molecule has 2 rings (SSSR count). The lowest BCUT2D eigenvalue weighted by molar-refractivity contribution is 0.0790. The molecular weight excluding hydrogens is 180 g/mol. The van der Waals surface area contributed by atoms with Crippen molar-refractivity contribution in [3.05, 3.63) is 18.0 Å². The fraction of sp³-hybridized carbons (Fsp3) is 0.556. The Hall–Kier alpha value is -1.36. The summed E-state index contributed by atoms with van der Waals surface area (Å²) in [6, 6.07) is 0.436. The molecule has 0 saturated carbocycles. The van der Waals surface area contributed by atoms with Gasteiger partial charge in [0, 0.05) is 25.3 Å². The summed E-state index contributed by atoms with van der Waals surface area (Å²) >= 11 is 0. The maximum Gasteiger partial charge on any atom is 0.257 e. The van der Waals surface area contributed by atoms with Gasteiger partial charge < -0.3 is 10.2 Å². The molecule has 2 N–H and O–H groups in total. The summed E-state index contributed by atoms with van der Waals surface area (Å²) in [5.74, 6) is 0.0662. The van der Waals surface area contributed by atoms with Gasteiger partial charge in [0.05, 0.1) is 11.8 Å². The molecule has 1 aromatic rings. The smallest absolute Gasteiger partial charge is 0.257 e. The van der Waals surface area contributed by atoms with E-state index in [0.29, 0.717) is 11.6 Å². The molecule has 76 valence electrons. The van der Waals surface area contributed by atoms with Crippen molar-refractivity contribution in [2.75, 3.05) is 20.1 Å². The Balaban J connectivity index is 2.00. The number of hydrogen-bond acceptors (Lipinski definition) is 3. The van der Waals surface area contributed by atoms with Crippen LogP contribution in [0.3, 0.4) is 0 Å². The molecule has 1 fully saturated rings. The minimum Gasteiger partial charge on any atom is -0.337 e. The van der Waals surface area contributed by atoms with Crippen LogP contribution in [-0.2, 0) is 0 Å². The Morgan fingerprint density at radius 1 is 1.79 bits per heavy atom. The van der Waals surface area contributed by atoms with Gasteiger partial charge in [-0.05, 0) is 13.5 Å². The molecule has 14 heavy (non-hydrogen) atoms. The lowest BCUT2D eigenvalue weighted by atomic mass is 10.3. The Bertz CT molecular complexity index is 309. The number of amides is 1. The van der Waals surface area contributed by atoms with Crippen molar-refractivity contribution in [2.24, 2.45) is 0 Å². The Morgan fingerprint density at radius 2 is 2.64 bits per heavy atom. The van der Waals surface area contributed by atoms with E-state index in [2.05, 4.69) is 15.5 Å². The van der Waals surface area contributed by atoms with Crippen LogP contribution in [0.5, 0.6) is 0 Å². The van der Waals surface area contributed by atoms with Crippen LogP contribution in [0, 0.1) is 0 Å². The van der Waals surface area contributed by atoms with E-state index < -0.39 is 0 Å². The van der Waals surface area contributed by atoms with E-state index in [9.17, 15) is 4.79 Å². The number of rotatable bonds is 2. The average molecular weight is 194 g/mol. The van der Waals surface area contributed by atoms with Crippen LogP contribution in [0.2, 0.25) is 0 Å². The van der Waals surface area contributed by atoms with Crippen molar-refractivity contribution in [2.45, 2.75) is 12.5 Å². The first-order chi connectivity index (χ1) is 6.81. The van der Waals surface area contributed by atoms with Gasteiger partial charge in [-0.3, -0.25) is 9.89 Å². The highest BCUT2D eigenvalue weighted by Crippen LogP contribution is 2.12. The third-order valence-electron chi connectivity index (χ3n) is 2.63. The molecule has 0 aliphatic carbocycles. The lowest BCUT2D eigenvalue weighted by Gasteiger charge is -2.14. The normalized spacial score (nSPS) is 21.5. The molecule has 5 heteroatoms. The van der Waals surface area contributed by atoms with E-state index in [1.165, 1.54) is 0 Å². The highest BCUT2D eigenvalue weighted by molar-refractivity contribution is 5.93. The molecule has 2 heterocycles. The molecule has 0 bridgehead atoms. The van der Waals surface area contributed by atoms with Crippen molar-refractivity contribution >= 4 is 5.91 Å². The van der Waals surface area contributed by atoms with Gasteiger partial charge in [0.2, 0.25) is 0 Å². The zero-order valence-electron chi connectivity index (χ0n) is 8.16. The number of H-pyrrole nitrogens is 1. The molecular formula is C9H14N4O. The maximum atomic E-state index is 11.8. The quantitative estimate of drug-likeness (QED) is 0.688. The van der Waals surface area contributed by atoms with Gasteiger partial charge in [-0.2, -0.15) is 5.10 Å². The summed E-state index contributed by atoms with van der Waals surface area (Å²) in [5.41, 5.74) is 0.641. The summed E-state index contributed by atoms with van der Waals surface area (Å²) in [6.07, 6.45) is 4.23. The van der Waals surface area contributed by atoms with Crippen LogP contribution in [0.25, 0.3) is 0 Å². The number of aromatic amines is 1. The largest absolute Gasteiger partial charge is 0.337 e. The zero-order chi connectivity index (χ0) is 9.97. The van der Waals surface area contributed by atoms with Gasteiger partial charge in [0.15, 0.2) is 0 Å². The molecule has 1 unspecified atom stereocenters. The summed E-state index contributed by atoms with van der Waals surface area (Å²) in [4.78, 5) is 13.7. The molecule has 1 aliphatic rings. The second-order valence-electron chi connectivity index (χ2n) is 3.51. The average Bonchev–Trinajstić information content (AvgIpc) is 2.88. The second-order valence-corrected chi connectivity index (χ2v) is 3.51. The number of nitrogens with zero attached hydrogens (tertiary/aromatic N) is 2. The van der Waals surface area contributed by atoms with Gasteiger partial charge in [-0.25, -0.2) is 0 Å². The third kappa shape index (κ3) is 1.63. The van der Waals surface area contributed by atoms with E-state index in [0.717, 1.165) is 19.5 Å². The van der Waals surface area contributed by atoms with Gasteiger partial charge >= 0.3 is 0 Å². The lowest BCUT2D eigenvalue weighted by Crippen LogP contribution is -2.33. The predicted molar refractivity (Wildman–Crippen MR) is 52.0 cm³/mol. The predicted octanol–water partition coefficient (Wildman–Crippen LogP) is -0.156. The van der Waals surface area contributed by atoms with E-state index in [-0.39, 0.29) is 5.91 Å². The highest BCUT2D eigenvalue weighted by atomic mass is 16.2. The minimum absolute atomic E-state index is 0.0662. The van der Waals surface area contributed by atoms with Crippen molar-refractivity contribution < 1.29 is 4.79 Å². The molecule has 5 nitrogen and oxygen atoms in total. The number of carbonyl (C=O) groups excluding carboxylic acids is 1. The number of likely N-dealkylation sites (N-methyl/N-ethyl adjacent to an activating group) is 1. The van der Waals surface area contributed by atoms with Gasteiger partial charge in [0.25, 0.3) is 5.91 Å². The van der Waals surface area contributed by atoms with Crippen LogP contribution in [-0.4, -0.2) is 47.2 Å². The molecule has 0 spiro atoms. The summed E-state index contributed by atoms with van der Waals surface area (Å²) in [5, 5.41) is 9.59. The number of carbonyl (C=O) groups is 1. The zero-order valence-corrected chi connectivity index (χ0v) is 8.16. The third-order valence-corrected chi connectivity index (χ3v) is 2.63. The minimum atomic E-state index is 0.0662. The standard InChI is InChI=1S/C9H14N4O/c1-10-8-2-3-13(6-8)9(14)7-4-11-12-5-7/h4-5,8,10H,2-3,6H2,1H3,(H,11,12). The molecule has 1 aromatic heterocycles. The van der Waals surface area contributed by atoms with Crippen molar-refractivity contribution in [1.29, 1.82) is 0 Å². The molecule has 1 atom stereocenters. The fourth-order valence-corrected chi connectivity index (χ4v) is 1.73. The van der Waals surface area contributed by atoms with Crippen molar-refractivity contribution in [3.8, 4) is 0 Å². The fourth-order valence-electron chi connectivity index (χ4n) is 1.73. The maximum absolute atomic E-state index is 11.8. The summed E-state index contributed by atoms with van der Waals surface area (Å²) in [7, 11) is 1.93. The van der Waals surface area contributed by atoms with Crippen LogP contribution in [0.1, 0.15) is 16.8 Å². The highest BCUT2D eigenvalue weighted by Gasteiger charge is 2.25. The number of aromatic nitrogens is 2. The van der Waals surface area contributed by atoms with Crippen LogP contribution >= 0.6 is 0 Å². The summed E-state index contributed by atoms with van der Waals surface area (Å²) in [6.45, 7) is 1.62. The molecule has 1 amide bonds. The Kier molecular flexibility index (Phi) is 2.49. The van der Waals surface area contributed by atoms with Crippen LogP contribution in [0.15, 0.2) is 12.4 Å². The first kappa shape index (κ1) is 9.21. The van der Waals surface area contributed by atoms with Gasteiger partial charge in [0.1, 0.15) is 0 Å². The van der Waals surface area contributed by atoms with Gasteiger partial charge in [-0.15, -0.1) is 0 Å². The Labute approximate surface area is 82.5 Å². The molecule has 1 aliphatic heterocycles. The number of nitrogens with one attached hydrogen (secondary N) is 2. The van der Waals surface area contributed by atoms with E-state index in [4.69, 9.17) is 0 Å². The topological polar surface area (TPSA) is 61.0 Å². The van der Waals surface area contributed by atoms with Gasteiger partial charge in [-0.1, -0.05) is 0 Å². The summed E-state index contributed by atoms with van der Waals surface area (Å²) < 4.78 is 0. The molecule has 1 saturated heterocycles. The first-order valence-corrected chi connectivity index (χ1v) is 4.76.